The van der Waals surface area contributed by atoms with Crippen LogP contribution in [0.25, 0.3) is 32.5 Å². The first-order valence-electron chi connectivity index (χ1n) is 12.0. The van der Waals surface area contributed by atoms with Gasteiger partial charge in [-0.25, -0.2) is 14.4 Å². The van der Waals surface area contributed by atoms with Crippen LogP contribution < -0.4 is 15.5 Å². The first kappa shape index (κ1) is 23.4. The van der Waals surface area contributed by atoms with Gasteiger partial charge in [0.25, 0.3) is 5.91 Å². The maximum atomic E-state index is 14.6. The molecule has 0 radical (unpaired) electrons. The van der Waals surface area contributed by atoms with Gasteiger partial charge in [0.15, 0.2) is 11.6 Å². The minimum absolute atomic E-state index is 0.261. The van der Waals surface area contributed by atoms with E-state index in [1.807, 2.05) is 6.07 Å². The second-order valence-electron chi connectivity index (χ2n) is 9.48. The minimum Gasteiger partial charge on any atom is -0.368 e. The first-order chi connectivity index (χ1) is 17.9. The number of benzene rings is 2. The van der Waals surface area contributed by atoms with Crippen LogP contribution in [0.5, 0.6) is 0 Å². The topological polar surface area (TPSA) is 101 Å². The molecule has 2 N–H and O–H groups in total. The molecule has 2 atom stereocenters. The molecule has 2 unspecified atom stereocenters. The lowest BCUT2D eigenvalue weighted by Gasteiger charge is -2.38. The zero-order chi connectivity index (χ0) is 25.7. The number of hydrogen-bond acceptors (Lipinski definition) is 8. The van der Waals surface area contributed by atoms with Crippen molar-refractivity contribution in [1.29, 1.82) is 0 Å². The van der Waals surface area contributed by atoms with Crippen molar-refractivity contribution in [1.82, 2.24) is 30.0 Å². The Morgan fingerprint density at radius 3 is 2.73 bits per heavy atom. The number of halogens is 1. The van der Waals surface area contributed by atoms with Crippen molar-refractivity contribution in [2.75, 3.05) is 23.3 Å². The molecule has 5 aromatic rings. The summed E-state index contributed by atoms with van der Waals surface area (Å²) >= 11 is 1.43. The number of anilines is 2. The van der Waals surface area contributed by atoms with Gasteiger partial charge in [0.2, 0.25) is 0 Å². The first-order valence-corrected chi connectivity index (χ1v) is 12.9. The molecule has 11 heteroatoms. The van der Waals surface area contributed by atoms with Crippen LogP contribution in [0.4, 0.5) is 15.8 Å². The molecule has 1 amide bonds. The molecule has 0 spiro atoms. The largest absolute Gasteiger partial charge is 0.368 e. The van der Waals surface area contributed by atoms with Crippen LogP contribution in [0.15, 0.2) is 48.4 Å². The number of thiazole rings is 1. The quantitative estimate of drug-likeness (QED) is 0.369. The molecule has 0 bridgehead atoms. The Labute approximate surface area is 216 Å². The number of aryl methyl sites for hydroxylation is 1. The molecule has 0 saturated carbocycles. The molecule has 1 aliphatic heterocycles. The summed E-state index contributed by atoms with van der Waals surface area (Å²) in [6.45, 7) is 5.96. The third-order valence-corrected chi connectivity index (χ3v) is 7.23. The van der Waals surface area contributed by atoms with Crippen LogP contribution in [0, 0.1) is 5.82 Å². The molecule has 9 nitrogen and oxygen atoms in total. The maximum absolute atomic E-state index is 14.6. The van der Waals surface area contributed by atoms with Crippen molar-refractivity contribution < 1.29 is 9.18 Å². The SMILES string of the molecule is CC1CN(c2ccc(C(=O)Nc3cc(F)c4nn(C)cc4c3)c3nc(-c4cncs4)ncc23)CC(C)N1. The molecule has 4 heterocycles. The smallest absolute Gasteiger partial charge is 0.257 e. The molecule has 3 aromatic heterocycles. The molecule has 37 heavy (non-hydrogen) atoms. The van der Waals surface area contributed by atoms with Crippen molar-refractivity contribution in [3.63, 3.8) is 0 Å². The molecule has 1 fully saturated rings. The van der Waals surface area contributed by atoms with E-state index in [1.54, 1.807) is 48.0 Å². The zero-order valence-electron chi connectivity index (χ0n) is 20.6. The molecule has 1 saturated heterocycles. The molecular weight excluding hydrogens is 491 g/mol. The summed E-state index contributed by atoms with van der Waals surface area (Å²) in [6.07, 6.45) is 5.20. The number of nitrogens with one attached hydrogen (secondary N) is 2. The van der Waals surface area contributed by atoms with E-state index < -0.39 is 5.82 Å². The molecule has 0 aliphatic carbocycles. The Kier molecular flexibility index (Phi) is 5.81. The molecule has 188 valence electrons. The summed E-state index contributed by atoms with van der Waals surface area (Å²) in [4.78, 5) is 30.2. The van der Waals surface area contributed by atoms with Crippen molar-refractivity contribution in [3.8, 4) is 10.7 Å². The lowest BCUT2D eigenvalue weighted by molar-refractivity contribution is 0.102. The predicted molar refractivity (Wildman–Crippen MR) is 144 cm³/mol. The number of piperazine rings is 1. The van der Waals surface area contributed by atoms with E-state index in [-0.39, 0.29) is 11.4 Å². The number of aromatic nitrogens is 5. The van der Waals surface area contributed by atoms with E-state index in [1.165, 1.54) is 17.4 Å². The highest BCUT2D eigenvalue weighted by Gasteiger charge is 2.25. The van der Waals surface area contributed by atoms with Crippen molar-refractivity contribution in [2.45, 2.75) is 25.9 Å². The van der Waals surface area contributed by atoms with Gasteiger partial charge in [0.1, 0.15) is 5.52 Å². The summed E-state index contributed by atoms with van der Waals surface area (Å²) in [7, 11) is 1.73. The lowest BCUT2D eigenvalue weighted by atomic mass is 10.0. The lowest BCUT2D eigenvalue weighted by Crippen LogP contribution is -2.54. The van der Waals surface area contributed by atoms with E-state index >= 15 is 0 Å². The van der Waals surface area contributed by atoms with Gasteiger partial charge in [-0.15, -0.1) is 11.3 Å². The van der Waals surface area contributed by atoms with Crippen LogP contribution in [0.1, 0.15) is 24.2 Å². The second kappa shape index (κ2) is 9.16. The monoisotopic (exact) mass is 516 g/mol. The van der Waals surface area contributed by atoms with E-state index in [4.69, 9.17) is 4.98 Å². The number of rotatable bonds is 4. The fourth-order valence-electron chi connectivity index (χ4n) is 5.02. The molecule has 6 rings (SSSR count). The van der Waals surface area contributed by atoms with Crippen LogP contribution in [-0.2, 0) is 7.05 Å². The highest BCUT2D eigenvalue weighted by Crippen LogP contribution is 2.32. The summed E-state index contributed by atoms with van der Waals surface area (Å²) in [6, 6.07) is 7.36. The maximum Gasteiger partial charge on any atom is 0.257 e. The Morgan fingerprint density at radius 1 is 1.16 bits per heavy atom. The van der Waals surface area contributed by atoms with Gasteiger partial charge in [-0.05, 0) is 38.1 Å². The van der Waals surface area contributed by atoms with Crippen LogP contribution in [0.3, 0.4) is 0 Å². The van der Waals surface area contributed by atoms with Gasteiger partial charge < -0.3 is 15.5 Å². The number of hydrogen-bond donors (Lipinski definition) is 2. The fourth-order valence-corrected chi connectivity index (χ4v) is 5.58. The van der Waals surface area contributed by atoms with E-state index in [0.29, 0.717) is 40.1 Å². The average Bonchev–Trinajstić information content (AvgIpc) is 3.52. The van der Waals surface area contributed by atoms with Gasteiger partial charge in [-0.3, -0.25) is 14.5 Å². The summed E-state index contributed by atoms with van der Waals surface area (Å²) in [5, 5.41) is 11.9. The average molecular weight is 517 g/mol. The Hall–Kier alpha value is -3.96. The van der Waals surface area contributed by atoms with Crippen molar-refractivity contribution in [2.24, 2.45) is 7.05 Å². The number of carbonyl (C=O) groups is 1. The standard InChI is InChI=1S/C26H25FN8OS/c1-14-10-35(11-15(2)30-14)21-5-4-18(24-19(21)8-29-25(32-24)22-9-28-13-37-22)26(36)31-17-6-16-12-34(3)33-23(16)20(27)7-17/h4-9,12-15,30H,10-11H2,1-3H3,(H,31,36). The molecule has 1 aliphatic rings. The highest BCUT2D eigenvalue weighted by molar-refractivity contribution is 7.13. The van der Waals surface area contributed by atoms with Crippen LogP contribution in [0.2, 0.25) is 0 Å². The normalized spacial score (nSPS) is 18.0. The fraction of sp³-hybridized carbons (Fsp3) is 0.269. The van der Waals surface area contributed by atoms with E-state index in [9.17, 15) is 9.18 Å². The number of amides is 1. The molecule has 2 aromatic carbocycles. The second-order valence-corrected chi connectivity index (χ2v) is 10.4. The van der Waals surface area contributed by atoms with Gasteiger partial charge in [-0.1, -0.05) is 0 Å². The summed E-state index contributed by atoms with van der Waals surface area (Å²) < 4.78 is 16.2. The van der Waals surface area contributed by atoms with Gasteiger partial charge in [-0.2, -0.15) is 5.10 Å². The Balaban J connectivity index is 1.43. The number of nitrogens with zero attached hydrogens (tertiary/aromatic N) is 6. The summed E-state index contributed by atoms with van der Waals surface area (Å²) in [5.74, 6) is -0.369. The summed E-state index contributed by atoms with van der Waals surface area (Å²) in [5.41, 5.74) is 4.23. The third-order valence-electron chi connectivity index (χ3n) is 6.46. The Morgan fingerprint density at radius 2 is 1.97 bits per heavy atom. The predicted octanol–water partition coefficient (Wildman–Crippen LogP) is 4.22. The van der Waals surface area contributed by atoms with Gasteiger partial charge in [0.05, 0.1) is 21.5 Å². The van der Waals surface area contributed by atoms with E-state index in [0.717, 1.165) is 29.0 Å². The zero-order valence-corrected chi connectivity index (χ0v) is 21.4. The number of carbonyl (C=O) groups excluding carboxylic acids is 1. The Bertz CT molecular complexity index is 1620. The highest BCUT2D eigenvalue weighted by atomic mass is 32.1. The van der Waals surface area contributed by atoms with Crippen LogP contribution in [-0.4, -0.2) is 55.8 Å². The van der Waals surface area contributed by atoms with Crippen molar-refractivity contribution >= 4 is 50.4 Å². The number of fused-ring (bicyclic) bond motifs is 2. The van der Waals surface area contributed by atoms with E-state index in [2.05, 4.69) is 44.4 Å². The van der Waals surface area contributed by atoms with Gasteiger partial charge in [0, 0.05) is 73.0 Å². The van der Waals surface area contributed by atoms with Gasteiger partial charge >= 0.3 is 0 Å². The minimum atomic E-state index is -0.495. The molecular formula is C26H25FN8OS. The third kappa shape index (κ3) is 4.40. The van der Waals surface area contributed by atoms with Crippen molar-refractivity contribution in [3.05, 3.63) is 59.7 Å². The van der Waals surface area contributed by atoms with Crippen LogP contribution >= 0.6 is 11.3 Å².